The number of hydrogen-bond acceptors (Lipinski definition) is 7. The van der Waals surface area contributed by atoms with Crippen LogP contribution in [0.4, 0.5) is 11.6 Å². The van der Waals surface area contributed by atoms with Gasteiger partial charge in [-0.1, -0.05) is 11.6 Å². The van der Waals surface area contributed by atoms with Gasteiger partial charge in [-0.15, -0.1) is 0 Å². The van der Waals surface area contributed by atoms with E-state index < -0.39 is 35.1 Å². The highest BCUT2D eigenvalue weighted by Crippen LogP contribution is 2.20. The number of ether oxygens (including phenoxy) is 1. The van der Waals surface area contributed by atoms with Gasteiger partial charge in [-0.2, -0.15) is 5.26 Å². The Morgan fingerprint density at radius 3 is 2.75 bits per heavy atom. The third-order valence-corrected chi connectivity index (χ3v) is 2.92. The molecular weight excluding hydrogens is 342 g/mol. The van der Waals surface area contributed by atoms with Gasteiger partial charge < -0.3 is 14.5 Å². The topological polar surface area (TPSA) is 135 Å². The van der Waals surface area contributed by atoms with Gasteiger partial charge >= 0.3 is 11.9 Å². The van der Waals surface area contributed by atoms with Crippen LogP contribution in [-0.2, 0) is 9.53 Å². The van der Waals surface area contributed by atoms with Gasteiger partial charge in [0.05, 0.1) is 17.3 Å². The summed E-state index contributed by atoms with van der Waals surface area (Å²) in [7, 11) is 0. The third kappa shape index (κ3) is 4.08. The molecule has 2 rings (SSSR count). The average Bonchev–Trinajstić information content (AvgIpc) is 3.03. The fourth-order valence-corrected chi connectivity index (χ4v) is 1.81. The van der Waals surface area contributed by atoms with E-state index in [2.05, 4.69) is 14.5 Å². The molecule has 1 N–H and O–H groups in total. The number of nitriles is 1. The van der Waals surface area contributed by atoms with Crippen molar-refractivity contribution in [1.82, 2.24) is 0 Å². The number of hydrogen-bond donors (Lipinski definition) is 1. The molecule has 0 atom stereocenters. The van der Waals surface area contributed by atoms with Crippen LogP contribution < -0.4 is 5.32 Å². The van der Waals surface area contributed by atoms with E-state index in [4.69, 9.17) is 16.9 Å². The van der Waals surface area contributed by atoms with E-state index in [1.807, 2.05) is 6.07 Å². The number of carbonyl (C=O) groups excluding carboxylic acids is 2. The number of amides is 1. The molecule has 1 heterocycles. The Kier molecular flexibility index (Phi) is 5.13. The van der Waals surface area contributed by atoms with Gasteiger partial charge in [0.2, 0.25) is 5.76 Å². The van der Waals surface area contributed by atoms with Crippen molar-refractivity contribution in [3.63, 3.8) is 0 Å². The first kappa shape index (κ1) is 17.0. The van der Waals surface area contributed by atoms with Gasteiger partial charge in [0.15, 0.2) is 6.61 Å². The molecule has 0 unspecified atom stereocenters. The first-order valence-electron chi connectivity index (χ1n) is 6.31. The second-order valence-electron chi connectivity index (χ2n) is 4.32. The fraction of sp³-hybridized carbons (Fsp3) is 0.0714. The summed E-state index contributed by atoms with van der Waals surface area (Å²) in [5, 5.41) is 22.1. The van der Waals surface area contributed by atoms with Gasteiger partial charge in [0.1, 0.15) is 11.0 Å². The molecule has 0 aliphatic carbocycles. The van der Waals surface area contributed by atoms with Crippen LogP contribution in [0.1, 0.15) is 16.1 Å². The summed E-state index contributed by atoms with van der Waals surface area (Å²) in [6, 6.07) is 8.20. The zero-order valence-corrected chi connectivity index (χ0v) is 12.6. The van der Waals surface area contributed by atoms with Crippen LogP contribution in [0.5, 0.6) is 0 Å². The molecule has 0 aliphatic rings. The molecule has 0 fully saturated rings. The SMILES string of the molecule is N#Cc1ccc(Cl)cc1NC(=O)COC(=O)c1ccc([N+](=O)[O-])o1. The maximum absolute atomic E-state index is 11.8. The van der Waals surface area contributed by atoms with E-state index in [9.17, 15) is 19.7 Å². The van der Waals surface area contributed by atoms with E-state index in [-0.39, 0.29) is 11.3 Å². The number of benzene rings is 1. The number of nitro groups is 1. The highest BCUT2D eigenvalue weighted by atomic mass is 35.5. The van der Waals surface area contributed by atoms with Gasteiger partial charge in [-0.05, 0) is 24.3 Å². The second kappa shape index (κ2) is 7.26. The summed E-state index contributed by atoms with van der Waals surface area (Å²) in [5.74, 6) is -2.79. The zero-order chi connectivity index (χ0) is 17.7. The van der Waals surface area contributed by atoms with Crippen LogP contribution in [0.2, 0.25) is 5.02 Å². The number of nitrogens with zero attached hydrogens (tertiary/aromatic N) is 2. The normalized spacial score (nSPS) is 9.83. The number of nitrogens with one attached hydrogen (secondary N) is 1. The van der Waals surface area contributed by atoms with Crippen LogP contribution in [-0.4, -0.2) is 23.4 Å². The maximum Gasteiger partial charge on any atom is 0.433 e. The minimum absolute atomic E-state index is 0.166. The summed E-state index contributed by atoms with van der Waals surface area (Å²) < 4.78 is 9.32. The van der Waals surface area contributed by atoms with Gasteiger partial charge in [0, 0.05) is 5.02 Å². The van der Waals surface area contributed by atoms with Gasteiger partial charge in [-0.25, -0.2) is 4.79 Å². The number of rotatable bonds is 5. The lowest BCUT2D eigenvalue weighted by atomic mass is 10.2. The van der Waals surface area contributed by atoms with E-state index in [1.165, 1.54) is 18.2 Å². The van der Waals surface area contributed by atoms with Crippen LogP contribution in [0.3, 0.4) is 0 Å². The Morgan fingerprint density at radius 1 is 1.38 bits per heavy atom. The first-order valence-corrected chi connectivity index (χ1v) is 6.69. The number of esters is 1. The number of furan rings is 1. The monoisotopic (exact) mass is 349 g/mol. The quantitative estimate of drug-likeness (QED) is 0.497. The second-order valence-corrected chi connectivity index (χ2v) is 4.76. The van der Waals surface area contributed by atoms with E-state index in [0.717, 1.165) is 12.1 Å². The Labute approximate surface area is 139 Å². The Hall–Kier alpha value is -3.38. The lowest BCUT2D eigenvalue weighted by molar-refractivity contribution is -0.402. The molecule has 1 amide bonds. The molecule has 0 aliphatic heterocycles. The summed E-state index contributed by atoms with van der Waals surface area (Å²) in [6.45, 7) is -0.676. The molecule has 0 saturated heterocycles. The molecule has 9 nitrogen and oxygen atoms in total. The number of halogens is 1. The van der Waals surface area contributed by atoms with Gasteiger partial charge in [-0.3, -0.25) is 14.9 Å². The van der Waals surface area contributed by atoms with Crippen molar-refractivity contribution in [2.75, 3.05) is 11.9 Å². The molecule has 122 valence electrons. The fourth-order valence-electron chi connectivity index (χ4n) is 1.64. The molecule has 0 spiro atoms. The Bertz CT molecular complexity index is 854. The summed E-state index contributed by atoms with van der Waals surface area (Å²) in [5.41, 5.74) is 0.348. The summed E-state index contributed by atoms with van der Waals surface area (Å²) >= 11 is 5.78. The third-order valence-electron chi connectivity index (χ3n) is 2.68. The van der Waals surface area contributed by atoms with E-state index in [1.54, 1.807) is 0 Å². The van der Waals surface area contributed by atoms with Crippen molar-refractivity contribution in [2.24, 2.45) is 0 Å². The molecule has 0 radical (unpaired) electrons. The molecule has 0 bridgehead atoms. The van der Waals surface area contributed by atoms with Crippen molar-refractivity contribution in [2.45, 2.75) is 0 Å². The van der Waals surface area contributed by atoms with Gasteiger partial charge in [0.25, 0.3) is 5.91 Å². The van der Waals surface area contributed by atoms with Crippen LogP contribution in [0.25, 0.3) is 0 Å². The molecule has 1 aromatic carbocycles. The zero-order valence-electron chi connectivity index (χ0n) is 11.8. The largest absolute Gasteiger partial charge is 0.450 e. The Morgan fingerprint density at radius 2 is 2.12 bits per heavy atom. The van der Waals surface area contributed by atoms with Crippen molar-refractivity contribution in [3.05, 3.63) is 56.8 Å². The van der Waals surface area contributed by atoms with Crippen LogP contribution in [0, 0.1) is 21.4 Å². The molecular formula is C14H8ClN3O6. The predicted octanol–water partition coefficient (Wildman–Crippen LogP) is 2.51. The van der Waals surface area contributed by atoms with Crippen LogP contribution >= 0.6 is 11.6 Å². The van der Waals surface area contributed by atoms with E-state index >= 15 is 0 Å². The molecule has 0 saturated carbocycles. The molecule has 1 aromatic heterocycles. The van der Waals surface area contributed by atoms with E-state index in [0.29, 0.717) is 5.02 Å². The highest BCUT2D eigenvalue weighted by Gasteiger charge is 2.19. The van der Waals surface area contributed by atoms with Crippen molar-refractivity contribution in [1.29, 1.82) is 5.26 Å². The number of anilines is 1. The lowest BCUT2D eigenvalue weighted by Gasteiger charge is -2.07. The number of carbonyl (C=O) groups is 2. The van der Waals surface area contributed by atoms with Crippen molar-refractivity contribution < 1.29 is 23.7 Å². The molecule has 2 aromatic rings. The predicted molar refractivity (Wildman–Crippen MR) is 80.4 cm³/mol. The van der Waals surface area contributed by atoms with Crippen molar-refractivity contribution >= 4 is 35.0 Å². The molecule has 10 heteroatoms. The van der Waals surface area contributed by atoms with Crippen molar-refractivity contribution in [3.8, 4) is 6.07 Å². The minimum Gasteiger partial charge on any atom is -0.450 e. The lowest BCUT2D eigenvalue weighted by Crippen LogP contribution is -2.21. The van der Waals surface area contributed by atoms with Crippen LogP contribution in [0.15, 0.2) is 34.7 Å². The minimum atomic E-state index is -1.04. The maximum atomic E-state index is 11.8. The standard InChI is InChI=1S/C14H8ClN3O6/c15-9-2-1-8(6-16)10(5-9)17-12(19)7-23-14(20)11-3-4-13(24-11)18(21)22/h1-5H,7H2,(H,17,19). The first-order chi connectivity index (χ1) is 11.4. The average molecular weight is 350 g/mol. The summed E-state index contributed by atoms with van der Waals surface area (Å²) in [4.78, 5) is 33.0. The Balaban J connectivity index is 1.96. The summed E-state index contributed by atoms with van der Waals surface area (Å²) in [6.07, 6.45) is 0. The molecule has 24 heavy (non-hydrogen) atoms. The smallest absolute Gasteiger partial charge is 0.433 e. The highest BCUT2D eigenvalue weighted by molar-refractivity contribution is 6.31.